The van der Waals surface area contributed by atoms with Crippen molar-refractivity contribution in [3.8, 4) is 16.9 Å². The van der Waals surface area contributed by atoms with Crippen molar-refractivity contribution in [2.24, 2.45) is 0 Å². The number of hydrogen-bond acceptors (Lipinski definition) is 6. The molecule has 168 valence electrons. The second-order valence-corrected chi connectivity index (χ2v) is 8.82. The third-order valence-corrected chi connectivity index (χ3v) is 6.56. The monoisotopic (exact) mass is 458 g/mol. The summed E-state index contributed by atoms with van der Waals surface area (Å²) in [5.74, 6) is 0.516. The van der Waals surface area contributed by atoms with Crippen molar-refractivity contribution < 1.29 is 27.1 Å². The van der Waals surface area contributed by atoms with E-state index in [1.807, 2.05) is 6.92 Å². The van der Waals surface area contributed by atoms with Crippen LogP contribution >= 0.6 is 0 Å². The maximum Gasteiger partial charge on any atom is 0.262 e. The summed E-state index contributed by atoms with van der Waals surface area (Å²) in [6, 6.07) is 8.56. The lowest BCUT2D eigenvalue weighted by molar-refractivity contribution is 0.243. The zero-order chi connectivity index (χ0) is 22.7. The van der Waals surface area contributed by atoms with Crippen LogP contribution in [0, 0.1) is 5.82 Å². The number of likely N-dealkylation sites (N-methyl/N-ethyl adjacent to an activating group) is 1. The van der Waals surface area contributed by atoms with E-state index in [-0.39, 0.29) is 22.8 Å². The lowest BCUT2D eigenvalue weighted by Crippen LogP contribution is -2.17. The van der Waals surface area contributed by atoms with E-state index in [9.17, 15) is 17.9 Å². The fraction of sp³-hybridized carbons (Fsp3) is 0.217. The SMILES string of the molecule is CCNCC=Cc1cc(F)ccc1S(=O)(=O)Nc1ccc2c(c1CO)OCc1occc1-2. The van der Waals surface area contributed by atoms with Crippen LogP contribution in [-0.4, -0.2) is 26.6 Å². The smallest absolute Gasteiger partial charge is 0.262 e. The number of aliphatic hydroxyl groups is 1. The van der Waals surface area contributed by atoms with Crippen molar-refractivity contribution in [1.29, 1.82) is 0 Å². The molecule has 0 bridgehead atoms. The first kappa shape index (κ1) is 22.1. The van der Waals surface area contributed by atoms with Gasteiger partial charge in [0.2, 0.25) is 0 Å². The van der Waals surface area contributed by atoms with Crippen LogP contribution in [0.3, 0.4) is 0 Å². The lowest BCUT2D eigenvalue weighted by atomic mass is 9.99. The zero-order valence-corrected chi connectivity index (χ0v) is 18.2. The van der Waals surface area contributed by atoms with Crippen molar-refractivity contribution >= 4 is 21.8 Å². The van der Waals surface area contributed by atoms with Gasteiger partial charge in [-0.2, -0.15) is 0 Å². The van der Waals surface area contributed by atoms with Gasteiger partial charge in [-0.25, -0.2) is 12.8 Å². The zero-order valence-electron chi connectivity index (χ0n) is 17.4. The van der Waals surface area contributed by atoms with Crippen LogP contribution in [0.2, 0.25) is 0 Å². The number of nitrogens with one attached hydrogen (secondary N) is 2. The van der Waals surface area contributed by atoms with Crippen LogP contribution in [0.15, 0.2) is 58.1 Å². The van der Waals surface area contributed by atoms with E-state index in [1.54, 1.807) is 36.6 Å². The van der Waals surface area contributed by atoms with Crippen LogP contribution in [0.25, 0.3) is 17.2 Å². The number of fused-ring (bicyclic) bond motifs is 3. The Balaban J connectivity index is 1.70. The number of benzene rings is 2. The Morgan fingerprint density at radius 2 is 2.03 bits per heavy atom. The Bertz CT molecular complexity index is 1270. The summed E-state index contributed by atoms with van der Waals surface area (Å²) in [6.45, 7) is 2.96. The molecule has 0 saturated carbocycles. The molecule has 1 aromatic heterocycles. The van der Waals surface area contributed by atoms with Crippen molar-refractivity contribution in [2.75, 3.05) is 17.8 Å². The molecule has 0 aliphatic carbocycles. The first-order valence-electron chi connectivity index (χ1n) is 10.1. The highest BCUT2D eigenvalue weighted by atomic mass is 32.2. The van der Waals surface area contributed by atoms with Crippen molar-refractivity contribution in [3.05, 3.63) is 71.4 Å². The largest absolute Gasteiger partial charge is 0.485 e. The van der Waals surface area contributed by atoms with Gasteiger partial charge in [0.25, 0.3) is 10.0 Å². The first-order chi connectivity index (χ1) is 15.4. The van der Waals surface area contributed by atoms with Gasteiger partial charge >= 0.3 is 0 Å². The standard InChI is InChI=1S/C23H23FN2O5S/c1-2-25-10-3-4-15-12-16(24)5-8-22(15)32(28,29)26-20-7-6-18-17-9-11-30-21(17)14-31-23(18)19(20)13-27/h3-9,11-12,25-27H,2,10,13-14H2,1H3. The number of ether oxygens (including phenoxy) is 1. The molecule has 0 unspecified atom stereocenters. The second-order valence-electron chi connectivity index (χ2n) is 7.17. The third-order valence-electron chi connectivity index (χ3n) is 5.12. The fourth-order valence-electron chi connectivity index (χ4n) is 3.60. The molecule has 4 rings (SSSR count). The Labute approximate surface area is 185 Å². The summed E-state index contributed by atoms with van der Waals surface area (Å²) in [5, 5.41) is 13.1. The van der Waals surface area contributed by atoms with Gasteiger partial charge in [-0.1, -0.05) is 19.1 Å². The molecule has 3 aromatic rings. The predicted molar refractivity (Wildman–Crippen MR) is 119 cm³/mol. The first-order valence-corrected chi connectivity index (χ1v) is 11.6. The van der Waals surface area contributed by atoms with Gasteiger partial charge in [-0.3, -0.25) is 4.72 Å². The number of rotatable bonds is 8. The summed E-state index contributed by atoms with van der Waals surface area (Å²) >= 11 is 0. The second kappa shape index (κ2) is 9.15. The normalized spacial score (nSPS) is 13.0. The van der Waals surface area contributed by atoms with E-state index in [2.05, 4.69) is 10.0 Å². The van der Waals surface area contributed by atoms with Gasteiger partial charge in [0.1, 0.15) is 23.9 Å². The van der Waals surface area contributed by atoms with Crippen LogP contribution in [0.1, 0.15) is 23.8 Å². The molecule has 0 atom stereocenters. The number of halogens is 1. The summed E-state index contributed by atoms with van der Waals surface area (Å²) in [7, 11) is -4.09. The molecular weight excluding hydrogens is 435 g/mol. The number of aliphatic hydroxyl groups excluding tert-OH is 1. The van der Waals surface area contributed by atoms with Gasteiger partial charge in [0.05, 0.1) is 23.5 Å². The Morgan fingerprint density at radius 3 is 2.81 bits per heavy atom. The van der Waals surface area contributed by atoms with E-state index in [1.165, 1.54) is 12.1 Å². The Hall–Kier alpha value is -3.14. The molecule has 0 radical (unpaired) electrons. The summed E-state index contributed by atoms with van der Waals surface area (Å²) in [4.78, 5) is -0.0775. The summed E-state index contributed by atoms with van der Waals surface area (Å²) < 4.78 is 53.9. The third kappa shape index (κ3) is 4.27. The average molecular weight is 459 g/mol. The molecule has 2 aromatic carbocycles. The highest BCUT2D eigenvalue weighted by molar-refractivity contribution is 7.92. The number of furan rings is 1. The van der Waals surface area contributed by atoms with Crippen LogP contribution < -0.4 is 14.8 Å². The maximum atomic E-state index is 13.8. The topological polar surface area (TPSA) is 101 Å². The van der Waals surface area contributed by atoms with Gasteiger partial charge in [0, 0.05) is 23.2 Å². The molecule has 2 heterocycles. The molecule has 32 heavy (non-hydrogen) atoms. The minimum atomic E-state index is -4.09. The molecule has 0 spiro atoms. The number of hydrogen-bond donors (Lipinski definition) is 3. The van der Waals surface area contributed by atoms with E-state index >= 15 is 0 Å². The van der Waals surface area contributed by atoms with Crippen LogP contribution in [0.5, 0.6) is 5.75 Å². The van der Waals surface area contributed by atoms with Crippen molar-refractivity contribution in [2.45, 2.75) is 25.0 Å². The van der Waals surface area contributed by atoms with Gasteiger partial charge in [-0.05, 0) is 48.5 Å². The van der Waals surface area contributed by atoms with Crippen LogP contribution in [0.4, 0.5) is 10.1 Å². The number of sulfonamides is 1. The Morgan fingerprint density at radius 1 is 1.19 bits per heavy atom. The molecule has 9 heteroatoms. The number of anilines is 1. The summed E-state index contributed by atoms with van der Waals surface area (Å²) in [6.07, 6.45) is 4.84. The van der Waals surface area contributed by atoms with Crippen LogP contribution in [-0.2, 0) is 23.2 Å². The van der Waals surface area contributed by atoms with Crippen molar-refractivity contribution in [3.63, 3.8) is 0 Å². The van der Waals surface area contributed by atoms with Gasteiger partial charge in [0.15, 0.2) is 0 Å². The molecule has 0 saturated heterocycles. The minimum absolute atomic E-state index is 0.0775. The molecule has 0 amide bonds. The summed E-state index contributed by atoms with van der Waals surface area (Å²) in [5.41, 5.74) is 2.26. The van der Waals surface area contributed by atoms with Gasteiger partial charge < -0.3 is 19.6 Å². The Kier molecular flexibility index (Phi) is 6.31. The maximum absolute atomic E-state index is 13.8. The van der Waals surface area contributed by atoms with Gasteiger partial charge in [-0.15, -0.1) is 0 Å². The highest BCUT2D eigenvalue weighted by Gasteiger charge is 2.26. The predicted octanol–water partition coefficient (Wildman–Crippen LogP) is 3.89. The van der Waals surface area contributed by atoms with E-state index < -0.39 is 22.4 Å². The highest BCUT2D eigenvalue weighted by Crippen LogP contribution is 2.43. The lowest BCUT2D eigenvalue weighted by Gasteiger charge is -2.22. The molecule has 0 fully saturated rings. The van der Waals surface area contributed by atoms with E-state index in [4.69, 9.17) is 9.15 Å². The molecule has 7 nitrogen and oxygen atoms in total. The van der Waals surface area contributed by atoms with E-state index in [0.29, 0.717) is 29.2 Å². The quantitative estimate of drug-likeness (QED) is 0.443. The van der Waals surface area contributed by atoms with Crippen molar-refractivity contribution in [1.82, 2.24) is 5.32 Å². The minimum Gasteiger partial charge on any atom is -0.485 e. The van der Waals surface area contributed by atoms with E-state index in [0.717, 1.165) is 18.2 Å². The average Bonchev–Trinajstić information content (AvgIpc) is 3.25. The molecular formula is C23H23FN2O5S. The molecule has 1 aliphatic heterocycles. The molecule has 3 N–H and O–H groups in total. The fourth-order valence-corrected chi connectivity index (χ4v) is 4.87. The molecule has 1 aliphatic rings.